The summed E-state index contributed by atoms with van der Waals surface area (Å²) >= 11 is 3.10. The number of nitrogens with zero attached hydrogens (tertiary/aromatic N) is 2. The number of aromatic nitrogens is 2. The van der Waals surface area contributed by atoms with Gasteiger partial charge in [0.15, 0.2) is 5.76 Å². The number of hydrogen-bond acceptors (Lipinski definition) is 7. The van der Waals surface area contributed by atoms with Gasteiger partial charge in [0.1, 0.15) is 9.92 Å². The minimum absolute atomic E-state index is 0.165. The van der Waals surface area contributed by atoms with E-state index < -0.39 is 11.8 Å². The normalized spacial score (nSPS) is 10.8. The Kier molecular flexibility index (Phi) is 5.59. The van der Waals surface area contributed by atoms with E-state index in [1.54, 1.807) is 29.7 Å². The number of furan rings is 1. The summed E-state index contributed by atoms with van der Waals surface area (Å²) in [6.45, 7) is 1.94. The maximum Gasteiger partial charge on any atom is 0.305 e. The van der Waals surface area contributed by atoms with Crippen LogP contribution in [0.4, 0.5) is 0 Å². The first-order valence-electron chi connectivity index (χ1n) is 8.68. The smallest absolute Gasteiger partial charge is 0.305 e. The van der Waals surface area contributed by atoms with Gasteiger partial charge in [0.05, 0.1) is 5.56 Å². The molecule has 0 unspecified atom stereocenters. The molecule has 7 nitrogen and oxygen atoms in total. The molecule has 4 rings (SSSR count). The summed E-state index contributed by atoms with van der Waals surface area (Å²) in [5.74, 6) is -0.303. The summed E-state index contributed by atoms with van der Waals surface area (Å²) in [4.78, 5) is 33.2. The second kappa shape index (κ2) is 8.46. The van der Waals surface area contributed by atoms with Gasteiger partial charge in [0, 0.05) is 40.2 Å². The van der Waals surface area contributed by atoms with Crippen molar-refractivity contribution < 1.29 is 14.0 Å². The van der Waals surface area contributed by atoms with E-state index in [9.17, 15) is 9.59 Å². The van der Waals surface area contributed by atoms with Gasteiger partial charge in [-0.05, 0) is 25.1 Å². The van der Waals surface area contributed by atoms with E-state index in [2.05, 4.69) is 20.8 Å². The molecule has 2 amide bonds. The molecule has 0 saturated carbocycles. The molecule has 0 saturated heterocycles. The number of carbonyl (C=O) groups is 2. The second-order valence-electron chi connectivity index (χ2n) is 6.10. The predicted octanol–water partition coefficient (Wildman–Crippen LogP) is 3.96. The van der Waals surface area contributed by atoms with E-state index in [-0.39, 0.29) is 5.76 Å². The minimum Gasteiger partial charge on any atom is -0.451 e. The minimum atomic E-state index is -0.524. The number of hydrogen-bond donors (Lipinski definition) is 2. The number of pyridine rings is 1. The molecular weight excluding hydrogens is 408 g/mol. The number of thiazole rings is 1. The number of benzene rings is 1. The number of rotatable bonds is 5. The zero-order chi connectivity index (χ0) is 20.2. The molecule has 0 atom stereocenters. The highest BCUT2D eigenvalue weighted by molar-refractivity contribution is 8.00. The van der Waals surface area contributed by atoms with Gasteiger partial charge in [0.25, 0.3) is 5.91 Å². The molecule has 0 fully saturated rings. The third-order valence-corrected chi connectivity index (χ3v) is 6.22. The van der Waals surface area contributed by atoms with E-state index in [4.69, 9.17) is 4.42 Å². The Morgan fingerprint density at radius 2 is 1.97 bits per heavy atom. The summed E-state index contributed by atoms with van der Waals surface area (Å²) in [5.41, 5.74) is 7.48. The predicted molar refractivity (Wildman–Crippen MR) is 112 cm³/mol. The Hall–Kier alpha value is -3.17. The van der Waals surface area contributed by atoms with Gasteiger partial charge in [-0.3, -0.25) is 25.4 Å². The van der Waals surface area contributed by atoms with Crippen molar-refractivity contribution in [1.29, 1.82) is 0 Å². The lowest BCUT2D eigenvalue weighted by atomic mass is 10.1. The Morgan fingerprint density at radius 1 is 1.14 bits per heavy atom. The Labute approximate surface area is 174 Å². The Bertz CT molecular complexity index is 1170. The highest BCUT2D eigenvalue weighted by Crippen LogP contribution is 2.33. The summed E-state index contributed by atoms with van der Waals surface area (Å²) in [5, 5.41) is 2.84. The van der Waals surface area contributed by atoms with Crippen LogP contribution in [0.2, 0.25) is 0 Å². The largest absolute Gasteiger partial charge is 0.451 e. The molecule has 3 heterocycles. The fourth-order valence-electron chi connectivity index (χ4n) is 2.70. The first-order chi connectivity index (χ1) is 14.1. The highest BCUT2D eigenvalue weighted by Gasteiger charge is 2.21. The van der Waals surface area contributed by atoms with Crippen LogP contribution in [-0.4, -0.2) is 21.8 Å². The molecule has 0 aliphatic rings. The number of thioether (sulfide) groups is 1. The fourth-order valence-corrected chi connectivity index (χ4v) is 4.57. The average molecular weight is 425 g/mol. The lowest BCUT2D eigenvalue weighted by molar-refractivity contribution is 0.0831. The van der Waals surface area contributed by atoms with Gasteiger partial charge in [0.2, 0.25) is 0 Å². The first-order valence-corrected chi connectivity index (χ1v) is 10.5. The van der Waals surface area contributed by atoms with Crippen molar-refractivity contribution in [3.8, 4) is 0 Å². The average Bonchev–Trinajstić information content (AvgIpc) is 3.34. The lowest BCUT2D eigenvalue weighted by Gasteiger charge is -2.07. The number of amides is 2. The summed E-state index contributed by atoms with van der Waals surface area (Å²) in [7, 11) is 0. The van der Waals surface area contributed by atoms with E-state index in [1.807, 2.05) is 36.6 Å². The van der Waals surface area contributed by atoms with Crippen molar-refractivity contribution >= 4 is 45.9 Å². The van der Waals surface area contributed by atoms with Crippen LogP contribution in [0.1, 0.15) is 32.2 Å². The molecule has 0 spiro atoms. The second-order valence-corrected chi connectivity index (χ2v) is 8.18. The molecule has 3 aromatic heterocycles. The highest BCUT2D eigenvalue weighted by atomic mass is 32.2. The standard InChI is InChI=1S/C20H16N4O3S2/c1-12-10-28-20(22-12)29-11-15-14-6-2-3-7-16(14)27-17(15)19(26)24-23-18(25)13-5-4-8-21-9-13/h2-10H,11H2,1H3,(H,23,25)(H,24,26). The van der Waals surface area contributed by atoms with E-state index in [0.717, 1.165) is 21.0 Å². The molecular formula is C20H16N4O3S2. The van der Waals surface area contributed by atoms with Crippen LogP contribution < -0.4 is 10.9 Å². The lowest BCUT2D eigenvalue weighted by Crippen LogP contribution is -2.41. The molecule has 146 valence electrons. The number of fused-ring (bicyclic) bond motifs is 1. The van der Waals surface area contributed by atoms with Crippen molar-refractivity contribution in [3.63, 3.8) is 0 Å². The topological polar surface area (TPSA) is 97.1 Å². The monoisotopic (exact) mass is 424 g/mol. The van der Waals surface area contributed by atoms with Crippen LogP contribution in [0.5, 0.6) is 0 Å². The van der Waals surface area contributed by atoms with Crippen LogP contribution in [-0.2, 0) is 5.75 Å². The van der Waals surface area contributed by atoms with Crippen molar-refractivity contribution in [2.24, 2.45) is 0 Å². The van der Waals surface area contributed by atoms with E-state index >= 15 is 0 Å². The molecule has 1 aromatic carbocycles. The molecule has 0 radical (unpaired) electrons. The van der Waals surface area contributed by atoms with Crippen LogP contribution in [0, 0.1) is 6.92 Å². The van der Waals surface area contributed by atoms with Crippen molar-refractivity contribution in [1.82, 2.24) is 20.8 Å². The molecule has 4 aromatic rings. The number of para-hydroxylation sites is 1. The van der Waals surface area contributed by atoms with Crippen molar-refractivity contribution in [2.45, 2.75) is 17.0 Å². The third-order valence-electron chi connectivity index (χ3n) is 4.06. The zero-order valence-corrected chi connectivity index (χ0v) is 17.0. The quantitative estimate of drug-likeness (QED) is 0.372. The van der Waals surface area contributed by atoms with Gasteiger partial charge in [-0.25, -0.2) is 4.98 Å². The van der Waals surface area contributed by atoms with E-state index in [1.165, 1.54) is 18.0 Å². The number of nitrogens with one attached hydrogen (secondary N) is 2. The molecule has 0 aliphatic heterocycles. The van der Waals surface area contributed by atoms with Crippen LogP contribution >= 0.6 is 23.1 Å². The molecule has 9 heteroatoms. The van der Waals surface area contributed by atoms with Crippen LogP contribution in [0.25, 0.3) is 11.0 Å². The fraction of sp³-hybridized carbons (Fsp3) is 0.100. The Morgan fingerprint density at radius 3 is 2.72 bits per heavy atom. The molecule has 2 N–H and O–H groups in total. The molecule has 0 bridgehead atoms. The Balaban J connectivity index is 1.54. The molecule has 29 heavy (non-hydrogen) atoms. The maximum absolute atomic E-state index is 12.7. The SMILES string of the molecule is Cc1csc(SCc2c(C(=O)NNC(=O)c3cccnc3)oc3ccccc23)n1. The van der Waals surface area contributed by atoms with Gasteiger partial charge >= 0.3 is 5.91 Å². The third kappa shape index (κ3) is 4.30. The summed E-state index contributed by atoms with van der Waals surface area (Å²) in [6, 6.07) is 10.7. The van der Waals surface area contributed by atoms with Crippen molar-refractivity contribution in [3.05, 3.63) is 76.8 Å². The van der Waals surface area contributed by atoms with E-state index in [0.29, 0.717) is 16.9 Å². The first kappa shape index (κ1) is 19.2. The van der Waals surface area contributed by atoms with Crippen LogP contribution in [0.15, 0.2) is 62.9 Å². The molecule has 0 aliphatic carbocycles. The van der Waals surface area contributed by atoms with Gasteiger partial charge in [-0.1, -0.05) is 30.0 Å². The summed E-state index contributed by atoms with van der Waals surface area (Å²) < 4.78 is 6.71. The van der Waals surface area contributed by atoms with Crippen molar-refractivity contribution in [2.75, 3.05) is 0 Å². The van der Waals surface area contributed by atoms with Gasteiger partial charge < -0.3 is 4.42 Å². The number of hydrazine groups is 1. The number of carbonyl (C=O) groups excluding carboxylic acids is 2. The zero-order valence-electron chi connectivity index (χ0n) is 15.3. The van der Waals surface area contributed by atoms with Crippen LogP contribution in [0.3, 0.4) is 0 Å². The van der Waals surface area contributed by atoms with Gasteiger partial charge in [-0.15, -0.1) is 11.3 Å². The summed E-state index contributed by atoms with van der Waals surface area (Å²) in [6.07, 6.45) is 2.98. The maximum atomic E-state index is 12.7. The van der Waals surface area contributed by atoms with Gasteiger partial charge in [-0.2, -0.15) is 0 Å². The number of aryl methyl sites for hydroxylation is 1.